The van der Waals surface area contributed by atoms with E-state index >= 15 is 0 Å². The molecule has 1 aliphatic rings. The maximum atomic E-state index is 5.06. The molecule has 1 atom stereocenters. The zero-order chi connectivity index (χ0) is 9.52. The summed E-state index contributed by atoms with van der Waals surface area (Å²) in [5.41, 5.74) is 0. The summed E-state index contributed by atoms with van der Waals surface area (Å²) >= 11 is 0. The molecule has 3 heteroatoms. The first-order chi connectivity index (χ1) is 6.36. The fourth-order valence-electron chi connectivity index (χ4n) is 1.72. The summed E-state index contributed by atoms with van der Waals surface area (Å²) in [4.78, 5) is 9.92. The molecule has 1 aliphatic heterocycles. The van der Waals surface area contributed by atoms with Gasteiger partial charge in [-0.25, -0.2) is 9.78 Å². The van der Waals surface area contributed by atoms with Gasteiger partial charge >= 0.3 is 0 Å². The van der Waals surface area contributed by atoms with Crippen molar-refractivity contribution in [2.75, 3.05) is 6.61 Å². The summed E-state index contributed by atoms with van der Waals surface area (Å²) in [6, 6.07) is 0.599. The molecule has 1 heterocycles. The Morgan fingerprint density at radius 3 is 2.46 bits per heavy atom. The molecule has 0 aromatic carbocycles. The van der Waals surface area contributed by atoms with Crippen molar-refractivity contribution in [1.82, 2.24) is 5.32 Å². The lowest BCUT2D eigenvalue weighted by atomic mass is 10.1. The summed E-state index contributed by atoms with van der Waals surface area (Å²) in [7, 11) is 0. The van der Waals surface area contributed by atoms with Crippen molar-refractivity contribution in [3.05, 3.63) is 0 Å². The van der Waals surface area contributed by atoms with Gasteiger partial charge < -0.3 is 0 Å². The zero-order valence-corrected chi connectivity index (χ0v) is 8.71. The maximum absolute atomic E-state index is 5.06. The molecule has 1 rings (SSSR count). The Morgan fingerprint density at radius 2 is 2.00 bits per heavy atom. The lowest BCUT2D eigenvalue weighted by Crippen LogP contribution is -2.37. The smallest absolute Gasteiger partial charge is 0.146 e. The van der Waals surface area contributed by atoms with Crippen molar-refractivity contribution in [3.8, 4) is 0 Å². The van der Waals surface area contributed by atoms with E-state index in [0.29, 0.717) is 6.04 Å². The lowest BCUT2D eigenvalue weighted by Gasteiger charge is -2.20. The molecule has 0 aliphatic carbocycles. The molecule has 0 amide bonds. The van der Waals surface area contributed by atoms with Crippen LogP contribution >= 0.6 is 0 Å². The van der Waals surface area contributed by atoms with Crippen molar-refractivity contribution < 1.29 is 9.78 Å². The van der Waals surface area contributed by atoms with Crippen LogP contribution in [0.2, 0.25) is 0 Å². The summed E-state index contributed by atoms with van der Waals surface area (Å²) in [6.45, 7) is 5.16. The van der Waals surface area contributed by atoms with E-state index < -0.39 is 0 Å². The molecule has 0 aromatic heterocycles. The molecule has 0 radical (unpaired) electrons. The molecule has 1 unspecified atom stereocenters. The molecular formula is C10H21NO2. The number of hydrogen-bond donors (Lipinski definition) is 1. The summed E-state index contributed by atoms with van der Waals surface area (Å²) in [5.74, 6) is 0. The first-order valence-corrected chi connectivity index (χ1v) is 5.41. The van der Waals surface area contributed by atoms with E-state index in [4.69, 9.17) is 9.78 Å². The molecular weight excluding hydrogens is 166 g/mol. The third-order valence-electron chi connectivity index (χ3n) is 2.34. The maximum Gasteiger partial charge on any atom is 0.146 e. The van der Waals surface area contributed by atoms with E-state index in [1.807, 2.05) is 0 Å². The van der Waals surface area contributed by atoms with E-state index in [9.17, 15) is 0 Å². The first-order valence-electron chi connectivity index (χ1n) is 5.41. The monoisotopic (exact) mass is 187 g/mol. The van der Waals surface area contributed by atoms with Gasteiger partial charge in [0.25, 0.3) is 0 Å². The summed E-state index contributed by atoms with van der Waals surface area (Å²) < 4.78 is 0. The predicted molar refractivity (Wildman–Crippen MR) is 52.2 cm³/mol. The third kappa shape index (κ3) is 4.07. The van der Waals surface area contributed by atoms with Gasteiger partial charge in [0.2, 0.25) is 0 Å². The van der Waals surface area contributed by atoms with Crippen LogP contribution in [0, 0.1) is 0 Å². The minimum Gasteiger partial charge on any atom is -0.287 e. The molecule has 0 bridgehead atoms. The molecule has 1 saturated heterocycles. The van der Waals surface area contributed by atoms with Crippen LogP contribution in [-0.4, -0.2) is 18.9 Å². The largest absolute Gasteiger partial charge is 0.287 e. The van der Waals surface area contributed by atoms with Gasteiger partial charge in [0.15, 0.2) is 0 Å². The van der Waals surface area contributed by atoms with Crippen molar-refractivity contribution >= 4 is 0 Å². The zero-order valence-electron chi connectivity index (χ0n) is 8.71. The van der Waals surface area contributed by atoms with Gasteiger partial charge in [-0.3, -0.25) is 5.32 Å². The molecule has 0 spiro atoms. The highest BCUT2D eigenvalue weighted by molar-refractivity contribution is 4.69. The minimum atomic E-state index is 0.128. The fourth-order valence-corrected chi connectivity index (χ4v) is 1.72. The minimum absolute atomic E-state index is 0.128. The Morgan fingerprint density at radius 1 is 1.31 bits per heavy atom. The van der Waals surface area contributed by atoms with Gasteiger partial charge in [-0.2, -0.15) is 0 Å². The van der Waals surface area contributed by atoms with Crippen molar-refractivity contribution in [1.29, 1.82) is 0 Å². The van der Waals surface area contributed by atoms with Crippen LogP contribution in [0.25, 0.3) is 0 Å². The Bertz CT molecular complexity index is 118. The van der Waals surface area contributed by atoms with Gasteiger partial charge in [-0.15, -0.1) is 0 Å². The highest BCUT2D eigenvalue weighted by atomic mass is 17.2. The van der Waals surface area contributed by atoms with Gasteiger partial charge in [0.05, 0.1) is 6.61 Å². The van der Waals surface area contributed by atoms with Crippen LogP contribution in [0.15, 0.2) is 0 Å². The van der Waals surface area contributed by atoms with Crippen LogP contribution in [-0.2, 0) is 9.78 Å². The lowest BCUT2D eigenvalue weighted by molar-refractivity contribution is -0.281. The van der Waals surface area contributed by atoms with Crippen LogP contribution in [0.4, 0.5) is 0 Å². The average molecular weight is 187 g/mol. The van der Waals surface area contributed by atoms with Crippen molar-refractivity contribution in [2.45, 2.75) is 58.2 Å². The second-order valence-corrected chi connectivity index (χ2v) is 3.64. The van der Waals surface area contributed by atoms with E-state index in [1.165, 1.54) is 25.7 Å². The fraction of sp³-hybridized carbons (Fsp3) is 1.00. The summed E-state index contributed by atoms with van der Waals surface area (Å²) in [6.07, 6.45) is 6.02. The van der Waals surface area contributed by atoms with Crippen LogP contribution in [0.1, 0.15) is 46.0 Å². The average Bonchev–Trinajstić information content (AvgIpc) is 2.58. The van der Waals surface area contributed by atoms with Crippen molar-refractivity contribution in [3.63, 3.8) is 0 Å². The number of rotatable bonds is 6. The predicted octanol–water partition coefficient (Wildman–Crippen LogP) is 2.22. The SMILES string of the molecule is CCCC(CCC)NC1CCOO1. The normalized spacial score (nSPS) is 22.8. The molecule has 3 nitrogen and oxygen atoms in total. The van der Waals surface area contributed by atoms with Crippen LogP contribution in [0.5, 0.6) is 0 Å². The van der Waals surface area contributed by atoms with Gasteiger partial charge in [-0.1, -0.05) is 26.7 Å². The quantitative estimate of drug-likeness (QED) is 0.647. The highest BCUT2D eigenvalue weighted by Gasteiger charge is 2.19. The molecule has 13 heavy (non-hydrogen) atoms. The Kier molecular flexibility index (Phi) is 5.35. The third-order valence-corrected chi connectivity index (χ3v) is 2.34. The van der Waals surface area contributed by atoms with Crippen molar-refractivity contribution in [2.24, 2.45) is 0 Å². The van der Waals surface area contributed by atoms with Crippen LogP contribution in [0.3, 0.4) is 0 Å². The van der Waals surface area contributed by atoms with Gasteiger partial charge in [-0.05, 0) is 12.8 Å². The summed E-state index contributed by atoms with van der Waals surface area (Å²) in [5, 5.41) is 3.47. The number of nitrogens with one attached hydrogen (secondary N) is 1. The van der Waals surface area contributed by atoms with E-state index in [2.05, 4.69) is 19.2 Å². The Hall–Kier alpha value is -0.120. The Labute approximate surface area is 80.7 Å². The van der Waals surface area contributed by atoms with Gasteiger partial charge in [0, 0.05) is 12.5 Å². The second kappa shape index (κ2) is 6.35. The van der Waals surface area contributed by atoms with E-state index in [1.54, 1.807) is 0 Å². The molecule has 1 fully saturated rings. The van der Waals surface area contributed by atoms with E-state index in [0.717, 1.165) is 13.0 Å². The van der Waals surface area contributed by atoms with E-state index in [-0.39, 0.29) is 6.23 Å². The standard InChI is InChI=1S/C10H21NO2/c1-3-5-9(6-4-2)11-10-7-8-12-13-10/h9-11H,3-8H2,1-2H3. The molecule has 1 N–H and O–H groups in total. The molecule has 0 aromatic rings. The Balaban J connectivity index is 2.19. The van der Waals surface area contributed by atoms with Gasteiger partial charge in [0.1, 0.15) is 6.23 Å². The topological polar surface area (TPSA) is 30.5 Å². The molecule has 0 saturated carbocycles. The second-order valence-electron chi connectivity index (χ2n) is 3.64. The highest BCUT2D eigenvalue weighted by Crippen LogP contribution is 2.11. The first kappa shape index (κ1) is 11.0. The number of hydrogen-bond acceptors (Lipinski definition) is 3. The van der Waals surface area contributed by atoms with Crippen LogP contribution < -0.4 is 5.32 Å². The molecule has 78 valence electrons.